The summed E-state index contributed by atoms with van der Waals surface area (Å²) in [7, 11) is 0. The van der Waals surface area contributed by atoms with Crippen LogP contribution >= 0.6 is 0 Å². The fourth-order valence-electron chi connectivity index (χ4n) is 2.56. The fourth-order valence-corrected chi connectivity index (χ4v) is 2.56. The maximum absolute atomic E-state index is 12.7. The number of aryl methyl sites for hydroxylation is 1. The Balaban J connectivity index is 1.88. The molecule has 3 aromatic heterocycles. The highest BCUT2D eigenvalue weighted by Gasteiger charge is 2.19. The molecular formula is C17H12N2O2. The number of furan rings is 1. The van der Waals surface area contributed by atoms with Crippen molar-refractivity contribution >= 4 is 22.3 Å². The molecule has 3 heterocycles. The number of pyridine rings is 1. The number of rotatable bonds is 2. The van der Waals surface area contributed by atoms with Crippen LogP contribution in [0, 0.1) is 6.92 Å². The molecule has 0 aliphatic heterocycles. The van der Waals surface area contributed by atoms with E-state index in [0.717, 1.165) is 22.0 Å². The lowest BCUT2D eigenvalue weighted by atomic mass is 10.1. The van der Waals surface area contributed by atoms with Gasteiger partial charge in [-0.05, 0) is 30.7 Å². The molecule has 0 aliphatic carbocycles. The van der Waals surface area contributed by atoms with Gasteiger partial charge in [-0.15, -0.1) is 0 Å². The van der Waals surface area contributed by atoms with Gasteiger partial charge in [0.1, 0.15) is 5.58 Å². The molecule has 0 saturated carbocycles. The predicted octanol–water partition coefficient (Wildman–Crippen LogP) is 3.62. The molecule has 4 heteroatoms. The fraction of sp³-hybridized carbons (Fsp3) is 0.0588. The van der Waals surface area contributed by atoms with Crippen LogP contribution in [-0.4, -0.2) is 15.4 Å². The van der Waals surface area contributed by atoms with E-state index in [2.05, 4.69) is 5.10 Å². The number of carbonyl (C=O) groups excluding carboxylic acids is 1. The lowest BCUT2D eigenvalue weighted by Crippen LogP contribution is -1.98. The molecule has 0 amide bonds. The van der Waals surface area contributed by atoms with E-state index in [-0.39, 0.29) is 5.78 Å². The quantitative estimate of drug-likeness (QED) is 0.525. The molecule has 4 rings (SSSR count). The average Bonchev–Trinajstić information content (AvgIpc) is 3.11. The highest BCUT2D eigenvalue weighted by Crippen LogP contribution is 2.25. The van der Waals surface area contributed by atoms with E-state index in [1.807, 2.05) is 49.5 Å². The summed E-state index contributed by atoms with van der Waals surface area (Å²) < 4.78 is 7.43. The van der Waals surface area contributed by atoms with Crippen LogP contribution in [0.4, 0.5) is 0 Å². The summed E-state index contributed by atoms with van der Waals surface area (Å²) in [4.78, 5) is 12.7. The molecule has 0 radical (unpaired) electrons. The Morgan fingerprint density at radius 3 is 2.95 bits per heavy atom. The third kappa shape index (κ3) is 1.76. The number of aromatic nitrogens is 2. The highest BCUT2D eigenvalue weighted by molar-refractivity contribution is 6.12. The zero-order valence-corrected chi connectivity index (χ0v) is 11.4. The van der Waals surface area contributed by atoms with Crippen molar-refractivity contribution in [2.45, 2.75) is 6.92 Å². The van der Waals surface area contributed by atoms with Crippen molar-refractivity contribution in [1.82, 2.24) is 9.61 Å². The Kier molecular flexibility index (Phi) is 2.44. The van der Waals surface area contributed by atoms with E-state index in [1.54, 1.807) is 16.8 Å². The summed E-state index contributed by atoms with van der Waals surface area (Å²) in [5, 5.41) is 5.13. The predicted molar refractivity (Wildman–Crippen MR) is 79.6 cm³/mol. The largest absolute Gasteiger partial charge is 0.452 e. The second-order valence-corrected chi connectivity index (χ2v) is 5.02. The van der Waals surface area contributed by atoms with E-state index >= 15 is 0 Å². The van der Waals surface area contributed by atoms with Crippen molar-refractivity contribution in [1.29, 1.82) is 0 Å². The minimum Gasteiger partial charge on any atom is -0.452 e. The first kappa shape index (κ1) is 11.9. The first-order valence-corrected chi connectivity index (χ1v) is 6.70. The van der Waals surface area contributed by atoms with Crippen LogP contribution in [0.1, 0.15) is 21.7 Å². The van der Waals surface area contributed by atoms with Gasteiger partial charge in [-0.1, -0.05) is 24.3 Å². The molecule has 0 unspecified atom stereocenters. The van der Waals surface area contributed by atoms with Crippen molar-refractivity contribution in [2.24, 2.45) is 0 Å². The third-order valence-corrected chi connectivity index (χ3v) is 3.64. The Morgan fingerprint density at radius 1 is 1.19 bits per heavy atom. The number of fused-ring (bicyclic) bond motifs is 2. The number of carbonyl (C=O) groups is 1. The average molecular weight is 276 g/mol. The van der Waals surface area contributed by atoms with Crippen LogP contribution in [0.5, 0.6) is 0 Å². The van der Waals surface area contributed by atoms with E-state index in [4.69, 9.17) is 4.42 Å². The molecule has 0 atom stereocenters. The first-order chi connectivity index (χ1) is 10.2. The number of nitrogens with zero attached hydrogens (tertiary/aromatic N) is 2. The molecule has 4 aromatic rings. The molecule has 102 valence electrons. The number of benzene rings is 1. The Hall–Kier alpha value is -2.88. The van der Waals surface area contributed by atoms with E-state index in [9.17, 15) is 4.79 Å². The van der Waals surface area contributed by atoms with Gasteiger partial charge in [0, 0.05) is 11.6 Å². The normalized spacial score (nSPS) is 11.3. The molecule has 0 saturated heterocycles. The maximum Gasteiger partial charge on any atom is 0.232 e. The Labute approximate surface area is 120 Å². The molecule has 0 N–H and O–H groups in total. The van der Waals surface area contributed by atoms with Crippen LogP contribution in [0.3, 0.4) is 0 Å². The minimum absolute atomic E-state index is 0.146. The number of hydrogen-bond acceptors (Lipinski definition) is 3. The molecular weight excluding hydrogens is 264 g/mol. The van der Waals surface area contributed by atoms with Gasteiger partial charge in [0.2, 0.25) is 5.78 Å². The molecule has 1 aromatic carbocycles. The maximum atomic E-state index is 12.7. The lowest BCUT2D eigenvalue weighted by molar-refractivity contribution is 0.101. The van der Waals surface area contributed by atoms with Gasteiger partial charge < -0.3 is 4.42 Å². The molecule has 0 fully saturated rings. The Morgan fingerprint density at radius 2 is 2.10 bits per heavy atom. The molecule has 0 bridgehead atoms. The second-order valence-electron chi connectivity index (χ2n) is 5.02. The number of ketones is 1. The van der Waals surface area contributed by atoms with Gasteiger partial charge in [-0.25, -0.2) is 4.52 Å². The monoisotopic (exact) mass is 276 g/mol. The highest BCUT2D eigenvalue weighted by atomic mass is 16.3. The van der Waals surface area contributed by atoms with E-state index < -0.39 is 0 Å². The SMILES string of the molecule is Cc1cccc2cc(C(=O)c3cnn4ccccc34)oc12. The first-order valence-electron chi connectivity index (χ1n) is 6.70. The summed E-state index contributed by atoms with van der Waals surface area (Å²) >= 11 is 0. The van der Waals surface area contributed by atoms with Gasteiger partial charge in [-0.3, -0.25) is 4.79 Å². The molecule has 4 nitrogen and oxygen atoms in total. The summed E-state index contributed by atoms with van der Waals surface area (Å²) in [6.07, 6.45) is 3.40. The van der Waals surface area contributed by atoms with Gasteiger partial charge >= 0.3 is 0 Å². The van der Waals surface area contributed by atoms with Crippen molar-refractivity contribution in [3.05, 3.63) is 71.7 Å². The second kappa shape index (κ2) is 4.31. The van der Waals surface area contributed by atoms with Crippen LogP contribution in [0.15, 0.2) is 59.3 Å². The van der Waals surface area contributed by atoms with Crippen LogP contribution < -0.4 is 0 Å². The van der Waals surface area contributed by atoms with Crippen molar-refractivity contribution in [3.63, 3.8) is 0 Å². The minimum atomic E-state index is -0.146. The summed E-state index contributed by atoms with van der Waals surface area (Å²) in [6, 6.07) is 13.3. The van der Waals surface area contributed by atoms with Crippen molar-refractivity contribution in [2.75, 3.05) is 0 Å². The molecule has 21 heavy (non-hydrogen) atoms. The lowest BCUT2D eigenvalue weighted by Gasteiger charge is -1.96. The standard InChI is InChI=1S/C17H12N2O2/c1-11-5-4-6-12-9-15(21-17(11)12)16(20)13-10-18-19-8-3-2-7-14(13)19/h2-10H,1H3. The van der Waals surface area contributed by atoms with Crippen molar-refractivity contribution < 1.29 is 9.21 Å². The van der Waals surface area contributed by atoms with Crippen LogP contribution in [0.2, 0.25) is 0 Å². The van der Waals surface area contributed by atoms with Gasteiger partial charge in [-0.2, -0.15) is 5.10 Å². The van der Waals surface area contributed by atoms with Gasteiger partial charge in [0.05, 0.1) is 17.3 Å². The summed E-state index contributed by atoms with van der Waals surface area (Å²) in [5.74, 6) is 0.199. The summed E-state index contributed by atoms with van der Waals surface area (Å²) in [5.41, 5.74) is 3.11. The van der Waals surface area contributed by atoms with Crippen LogP contribution in [-0.2, 0) is 0 Å². The number of hydrogen-bond donors (Lipinski definition) is 0. The van der Waals surface area contributed by atoms with Gasteiger partial charge in [0.25, 0.3) is 0 Å². The number of para-hydroxylation sites is 1. The smallest absolute Gasteiger partial charge is 0.232 e. The Bertz CT molecular complexity index is 979. The molecule has 0 spiro atoms. The van der Waals surface area contributed by atoms with Crippen molar-refractivity contribution in [3.8, 4) is 0 Å². The summed E-state index contributed by atoms with van der Waals surface area (Å²) in [6.45, 7) is 1.97. The zero-order chi connectivity index (χ0) is 14.4. The third-order valence-electron chi connectivity index (χ3n) is 3.64. The topological polar surface area (TPSA) is 47.5 Å². The van der Waals surface area contributed by atoms with E-state index in [0.29, 0.717) is 11.3 Å². The van der Waals surface area contributed by atoms with Gasteiger partial charge in [0.15, 0.2) is 5.76 Å². The molecule has 0 aliphatic rings. The van der Waals surface area contributed by atoms with Crippen LogP contribution in [0.25, 0.3) is 16.5 Å². The van der Waals surface area contributed by atoms with E-state index in [1.165, 1.54) is 0 Å². The zero-order valence-electron chi connectivity index (χ0n) is 11.4.